The predicted molar refractivity (Wildman–Crippen MR) is 68.4 cm³/mol. The Balaban J connectivity index is 2.80. The fourth-order valence-corrected chi connectivity index (χ4v) is 2.47. The minimum atomic E-state index is -4.24. The van der Waals surface area contributed by atoms with E-state index in [0.29, 0.717) is 5.69 Å². The van der Waals surface area contributed by atoms with E-state index in [-0.39, 0.29) is 9.88 Å². The Hall–Kier alpha value is -1.22. The fourth-order valence-electron chi connectivity index (χ4n) is 1.42. The summed E-state index contributed by atoms with van der Waals surface area (Å²) in [4.78, 5) is 15.1. The summed E-state index contributed by atoms with van der Waals surface area (Å²) < 4.78 is 53.8. The molecule has 0 saturated heterocycles. The van der Waals surface area contributed by atoms with Gasteiger partial charge in [0.2, 0.25) is 0 Å². The van der Waals surface area contributed by atoms with E-state index in [1.165, 1.54) is 0 Å². The molecule has 0 aliphatic heterocycles. The van der Waals surface area contributed by atoms with E-state index >= 15 is 0 Å². The average molecular weight is 329 g/mol. The molecule has 1 rings (SSSR count). The third-order valence-electron chi connectivity index (χ3n) is 2.42. The van der Waals surface area contributed by atoms with Gasteiger partial charge in [0.15, 0.2) is 0 Å². The monoisotopic (exact) mass is 329 g/mol. The first-order valence-corrected chi connectivity index (χ1v) is 6.74. The Labute approximate surface area is 122 Å². The van der Waals surface area contributed by atoms with Crippen molar-refractivity contribution >= 4 is 17.3 Å². The van der Waals surface area contributed by atoms with Crippen LogP contribution in [-0.4, -0.2) is 35.0 Å². The van der Waals surface area contributed by atoms with Crippen LogP contribution in [0.25, 0.3) is 0 Å². The summed E-state index contributed by atoms with van der Waals surface area (Å²) in [7, 11) is 0. The van der Waals surface area contributed by atoms with Crippen molar-refractivity contribution in [1.82, 2.24) is 4.98 Å². The Morgan fingerprint density at radius 3 is 2.33 bits per heavy atom. The van der Waals surface area contributed by atoms with Crippen molar-refractivity contribution in [3.05, 3.63) is 15.6 Å². The second kappa shape index (κ2) is 6.27. The van der Waals surface area contributed by atoms with Gasteiger partial charge in [-0.05, 0) is 0 Å². The molecule has 0 aliphatic carbocycles. The first-order valence-electron chi connectivity index (χ1n) is 5.92. The van der Waals surface area contributed by atoms with E-state index in [2.05, 4.69) is 9.72 Å². The number of halogens is 4. The zero-order valence-corrected chi connectivity index (χ0v) is 12.4. The molecule has 1 heterocycles. The van der Waals surface area contributed by atoms with Crippen molar-refractivity contribution in [2.45, 2.75) is 45.1 Å². The smallest absolute Gasteiger partial charge is 0.347 e. The average Bonchev–Trinajstić information content (AvgIpc) is 2.72. The van der Waals surface area contributed by atoms with Crippen LogP contribution < -0.4 is 0 Å². The lowest BCUT2D eigenvalue weighted by Gasteiger charge is -2.16. The first kappa shape index (κ1) is 17.8. The van der Waals surface area contributed by atoms with E-state index in [1.54, 1.807) is 20.8 Å². The summed E-state index contributed by atoms with van der Waals surface area (Å²) in [6.45, 7) is 3.37. The Morgan fingerprint density at radius 1 is 1.38 bits per heavy atom. The molecule has 120 valence electrons. The lowest BCUT2D eigenvalue weighted by molar-refractivity contribution is -0.168. The highest BCUT2D eigenvalue weighted by molar-refractivity contribution is 7.13. The van der Waals surface area contributed by atoms with E-state index in [4.69, 9.17) is 5.11 Å². The number of carbonyl (C=O) groups is 1. The lowest BCUT2D eigenvalue weighted by Crippen LogP contribution is -2.32. The van der Waals surface area contributed by atoms with E-state index in [9.17, 15) is 22.4 Å². The molecule has 1 aromatic heterocycles. The number of aromatic carboxylic acids is 1. The maximum Gasteiger partial charge on any atom is 0.347 e. The SMILES string of the molecule is CC(C)(C)c1nc(COCC(F)(F)C(F)F)sc1C(=O)O. The van der Waals surface area contributed by atoms with E-state index < -0.39 is 36.9 Å². The number of aromatic nitrogens is 1. The van der Waals surface area contributed by atoms with Gasteiger partial charge < -0.3 is 9.84 Å². The Kier molecular flexibility index (Phi) is 5.32. The van der Waals surface area contributed by atoms with Gasteiger partial charge in [0, 0.05) is 5.41 Å². The number of ether oxygens (including phenoxy) is 1. The zero-order valence-electron chi connectivity index (χ0n) is 11.6. The van der Waals surface area contributed by atoms with E-state index in [1.807, 2.05) is 0 Å². The number of alkyl halides is 4. The molecular formula is C12H15F4NO3S. The van der Waals surface area contributed by atoms with Gasteiger partial charge in [-0.15, -0.1) is 11.3 Å². The van der Waals surface area contributed by atoms with E-state index in [0.717, 1.165) is 11.3 Å². The molecule has 1 N–H and O–H groups in total. The second-order valence-corrected chi connectivity index (χ2v) is 6.48. The Morgan fingerprint density at radius 2 is 1.95 bits per heavy atom. The van der Waals surface area contributed by atoms with Crippen molar-refractivity contribution in [1.29, 1.82) is 0 Å². The number of carboxylic acid groups (broad SMARTS) is 1. The predicted octanol–water partition coefficient (Wildman–Crippen LogP) is 3.56. The highest BCUT2D eigenvalue weighted by Gasteiger charge is 2.41. The molecular weight excluding hydrogens is 314 g/mol. The molecule has 21 heavy (non-hydrogen) atoms. The second-order valence-electron chi connectivity index (χ2n) is 5.40. The maximum absolute atomic E-state index is 12.7. The van der Waals surface area contributed by atoms with Crippen molar-refractivity contribution < 1.29 is 32.2 Å². The van der Waals surface area contributed by atoms with Crippen LogP contribution in [0, 0.1) is 0 Å². The molecule has 0 spiro atoms. The van der Waals surface area contributed by atoms with Crippen LogP contribution in [0.3, 0.4) is 0 Å². The third kappa shape index (κ3) is 4.63. The van der Waals surface area contributed by atoms with Crippen molar-refractivity contribution in [3.63, 3.8) is 0 Å². The first-order chi connectivity index (χ1) is 9.45. The van der Waals surface area contributed by atoms with Crippen LogP contribution >= 0.6 is 11.3 Å². The highest BCUT2D eigenvalue weighted by Crippen LogP contribution is 2.30. The quantitative estimate of drug-likeness (QED) is 0.811. The molecule has 1 aromatic rings. The summed E-state index contributed by atoms with van der Waals surface area (Å²) in [5.74, 6) is -5.42. The fraction of sp³-hybridized carbons (Fsp3) is 0.667. The third-order valence-corrected chi connectivity index (χ3v) is 3.43. The van der Waals surface area contributed by atoms with Crippen LogP contribution in [0.2, 0.25) is 0 Å². The largest absolute Gasteiger partial charge is 0.477 e. The van der Waals surface area contributed by atoms with Gasteiger partial charge in [-0.1, -0.05) is 20.8 Å². The molecule has 0 saturated carbocycles. The molecule has 0 unspecified atom stereocenters. The van der Waals surface area contributed by atoms with Crippen molar-refractivity contribution in [2.24, 2.45) is 0 Å². The van der Waals surface area contributed by atoms with Gasteiger partial charge in [0.1, 0.15) is 16.5 Å². The summed E-state index contributed by atoms with van der Waals surface area (Å²) in [5, 5.41) is 9.24. The zero-order chi connectivity index (χ0) is 16.4. The normalized spacial score (nSPS) is 13.0. The summed E-state index contributed by atoms with van der Waals surface area (Å²) in [6, 6.07) is 0. The topological polar surface area (TPSA) is 59.4 Å². The summed E-state index contributed by atoms with van der Waals surface area (Å²) in [5.41, 5.74) is -0.241. The van der Waals surface area contributed by atoms with Gasteiger partial charge in [-0.25, -0.2) is 18.6 Å². The standard InChI is InChI=1S/C12H15F4NO3S/c1-11(2,3)8-7(9(18)19)21-6(17-8)4-20-5-12(15,16)10(13)14/h10H,4-5H2,1-3H3,(H,18,19). The minimum Gasteiger partial charge on any atom is -0.477 e. The lowest BCUT2D eigenvalue weighted by atomic mass is 9.91. The molecule has 0 aromatic carbocycles. The molecule has 4 nitrogen and oxygen atoms in total. The number of rotatable bonds is 6. The van der Waals surface area contributed by atoms with Crippen LogP contribution in [0.5, 0.6) is 0 Å². The van der Waals surface area contributed by atoms with Crippen LogP contribution in [-0.2, 0) is 16.8 Å². The maximum atomic E-state index is 12.7. The molecule has 0 amide bonds. The molecule has 0 fully saturated rings. The van der Waals surface area contributed by atoms with Gasteiger partial charge in [-0.2, -0.15) is 8.78 Å². The molecule has 0 atom stereocenters. The number of thiazole rings is 1. The van der Waals surface area contributed by atoms with Gasteiger partial charge >= 0.3 is 18.3 Å². The van der Waals surface area contributed by atoms with Crippen LogP contribution in [0.15, 0.2) is 0 Å². The minimum absolute atomic E-state index is 0.0123. The van der Waals surface area contributed by atoms with Gasteiger partial charge in [0.25, 0.3) is 0 Å². The number of hydrogen-bond donors (Lipinski definition) is 1. The molecule has 0 bridgehead atoms. The van der Waals surface area contributed by atoms with Crippen LogP contribution in [0.4, 0.5) is 17.6 Å². The van der Waals surface area contributed by atoms with Gasteiger partial charge in [-0.3, -0.25) is 0 Å². The van der Waals surface area contributed by atoms with Crippen molar-refractivity contribution in [3.8, 4) is 0 Å². The molecule has 9 heteroatoms. The van der Waals surface area contributed by atoms with Crippen LogP contribution in [0.1, 0.15) is 41.1 Å². The summed E-state index contributed by atoms with van der Waals surface area (Å²) in [6.07, 6.45) is -3.81. The molecule has 0 radical (unpaired) electrons. The summed E-state index contributed by atoms with van der Waals surface area (Å²) >= 11 is 0.785. The Bertz CT molecular complexity index is 511. The molecule has 0 aliphatic rings. The van der Waals surface area contributed by atoms with Gasteiger partial charge in [0.05, 0.1) is 12.3 Å². The van der Waals surface area contributed by atoms with Crippen molar-refractivity contribution in [2.75, 3.05) is 6.61 Å². The number of hydrogen-bond acceptors (Lipinski definition) is 4. The number of nitrogens with zero attached hydrogens (tertiary/aromatic N) is 1. The highest BCUT2D eigenvalue weighted by atomic mass is 32.1. The number of carboxylic acids is 1.